The summed E-state index contributed by atoms with van der Waals surface area (Å²) in [6.07, 6.45) is 10.3. The summed E-state index contributed by atoms with van der Waals surface area (Å²) in [6.45, 7) is 2.64. The van der Waals surface area contributed by atoms with Gasteiger partial charge in [-0.15, -0.1) is 0 Å². The summed E-state index contributed by atoms with van der Waals surface area (Å²) in [5, 5.41) is 4.08. The number of pyridine rings is 1. The van der Waals surface area contributed by atoms with Crippen molar-refractivity contribution in [3.8, 4) is 11.3 Å². The molecule has 0 spiro atoms. The van der Waals surface area contributed by atoms with Gasteiger partial charge >= 0.3 is 6.03 Å². The fourth-order valence-corrected chi connectivity index (χ4v) is 6.32. The first kappa shape index (κ1) is 21.9. The third kappa shape index (κ3) is 4.18. The summed E-state index contributed by atoms with van der Waals surface area (Å²) in [7, 11) is 0. The minimum Gasteiger partial charge on any atom is -0.335 e. The Kier molecular flexibility index (Phi) is 5.95. The number of rotatable bonds is 4. The maximum absolute atomic E-state index is 13.2. The molecule has 2 amide bonds. The quantitative estimate of drug-likeness (QED) is 0.551. The van der Waals surface area contributed by atoms with Gasteiger partial charge in [0.15, 0.2) is 0 Å². The van der Waals surface area contributed by atoms with Crippen LogP contribution in [0.2, 0.25) is 5.02 Å². The number of carbonyl (C=O) groups is 1. The van der Waals surface area contributed by atoms with E-state index >= 15 is 0 Å². The molecule has 6 rings (SSSR count). The number of nitrogens with one attached hydrogen (secondary N) is 1. The number of piperazine rings is 1. The van der Waals surface area contributed by atoms with Crippen molar-refractivity contribution in [1.82, 2.24) is 24.5 Å². The van der Waals surface area contributed by atoms with Crippen molar-refractivity contribution in [2.45, 2.75) is 69.6 Å². The molecule has 1 N–H and O–H groups in total. The topological polar surface area (TPSA) is 52.9 Å². The summed E-state index contributed by atoms with van der Waals surface area (Å²) in [5.74, 6) is 0. The number of amides is 2. The molecule has 4 heterocycles. The van der Waals surface area contributed by atoms with Crippen LogP contribution < -0.4 is 5.32 Å². The van der Waals surface area contributed by atoms with E-state index in [2.05, 4.69) is 37.8 Å². The number of fused-ring (bicyclic) bond motifs is 3. The van der Waals surface area contributed by atoms with Crippen molar-refractivity contribution in [1.29, 1.82) is 0 Å². The Morgan fingerprint density at radius 2 is 1.71 bits per heavy atom. The van der Waals surface area contributed by atoms with E-state index in [1.807, 2.05) is 30.3 Å². The lowest BCUT2D eigenvalue weighted by atomic mass is 9.96. The molecule has 178 valence electrons. The Morgan fingerprint density at radius 1 is 0.971 bits per heavy atom. The Balaban J connectivity index is 1.21. The van der Waals surface area contributed by atoms with Crippen LogP contribution in [0.1, 0.15) is 50.6 Å². The molecule has 3 aliphatic rings. The fourth-order valence-electron chi connectivity index (χ4n) is 6.20. The second-order valence-electron chi connectivity index (χ2n) is 10.1. The zero-order valence-electron chi connectivity index (χ0n) is 19.5. The van der Waals surface area contributed by atoms with E-state index in [1.165, 1.54) is 25.0 Å². The van der Waals surface area contributed by atoms with Crippen molar-refractivity contribution in [2.75, 3.05) is 13.1 Å². The molecule has 1 aliphatic carbocycles. The smallest absolute Gasteiger partial charge is 0.318 e. The van der Waals surface area contributed by atoms with Crippen LogP contribution in [-0.2, 0) is 6.54 Å². The summed E-state index contributed by atoms with van der Waals surface area (Å²) in [6, 6.07) is 15.2. The van der Waals surface area contributed by atoms with Crippen LogP contribution in [-0.4, -0.2) is 56.4 Å². The number of hydrogen-bond acceptors (Lipinski definition) is 3. The number of nitrogens with zero attached hydrogens (tertiary/aromatic N) is 4. The molecule has 7 heteroatoms. The van der Waals surface area contributed by atoms with E-state index in [-0.39, 0.29) is 6.03 Å². The van der Waals surface area contributed by atoms with Gasteiger partial charge in [0.25, 0.3) is 0 Å². The summed E-state index contributed by atoms with van der Waals surface area (Å²) in [4.78, 5) is 22.8. The molecule has 6 nitrogen and oxygen atoms in total. The Labute approximate surface area is 205 Å². The highest BCUT2D eigenvalue weighted by molar-refractivity contribution is 6.30. The number of aromatic nitrogens is 2. The van der Waals surface area contributed by atoms with Gasteiger partial charge in [0.2, 0.25) is 0 Å². The van der Waals surface area contributed by atoms with E-state index in [4.69, 9.17) is 16.6 Å². The molecule has 2 aliphatic heterocycles. The Hall–Kier alpha value is -2.57. The Bertz CT molecular complexity index is 1160. The minimum absolute atomic E-state index is 0.163. The van der Waals surface area contributed by atoms with Crippen molar-refractivity contribution in [2.24, 2.45) is 0 Å². The number of hydrogen-bond donors (Lipinski definition) is 1. The average Bonchev–Trinajstić information content (AvgIpc) is 3.35. The average molecular weight is 478 g/mol. The van der Waals surface area contributed by atoms with E-state index in [0.29, 0.717) is 18.1 Å². The molecule has 3 fully saturated rings. The molecule has 1 aromatic carbocycles. The van der Waals surface area contributed by atoms with Crippen LogP contribution in [0.4, 0.5) is 4.79 Å². The molecular weight excluding hydrogens is 446 g/mol. The maximum Gasteiger partial charge on any atom is 0.318 e. The molecule has 2 bridgehead atoms. The van der Waals surface area contributed by atoms with Gasteiger partial charge in [0.1, 0.15) is 5.65 Å². The minimum atomic E-state index is 0.163. The second-order valence-corrected chi connectivity index (χ2v) is 10.6. The zero-order valence-corrected chi connectivity index (χ0v) is 20.3. The summed E-state index contributed by atoms with van der Waals surface area (Å²) < 4.78 is 2.20. The second kappa shape index (κ2) is 9.23. The number of urea groups is 1. The predicted molar refractivity (Wildman–Crippen MR) is 135 cm³/mol. The van der Waals surface area contributed by atoms with Crippen molar-refractivity contribution in [3.63, 3.8) is 0 Å². The summed E-state index contributed by atoms with van der Waals surface area (Å²) >= 11 is 6.14. The number of imidazole rings is 1. The van der Waals surface area contributed by atoms with Crippen LogP contribution in [0.3, 0.4) is 0 Å². The number of halogens is 1. The van der Waals surface area contributed by atoms with Gasteiger partial charge in [-0.05, 0) is 49.9 Å². The van der Waals surface area contributed by atoms with Gasteiger partial charge in [-0.3, -0.25) is 4.90 Å². The first-order valence-corrected chi connectivity index (χ1v) is 13.1. The van der Waals surface area contributed by atoms with Crippen LogP contribution >= 0.6 is 11.6 Å². The molecule has 1 saturated carbocycles. The van der Waals surface area contributed by atoms with E-state index in [9.17, 15) is 4.79 Å². The van der Waals surface area contributed by atoms with Gasteiger partial charge in [-0.2, -0.15) is 0 Å². The van der Waals surface area contributed by atoms with Gasteiger partial charge in [-0.25, -0.2) is 9.78 Å². The van der Waals surface area contributed by atoms with Gasteiger partial charge in [0.05, 0.1) is 11.4 Å². The molecule has 2 saturated heterocycles. The van der Waals surface area contributed by atoms with Crippen LogP contribution in [0.15, 0.2) is 48.7 Å². The van der Waals surface area contributed by atoms with Crippen LogP contribution in [0, 0.1) is 0 Å². The number of likely N-dealkylation sites (tertiary alicyclic amines) is 1. The molecule has 34 heavy (non-hydrogen) atoms. The predicted octanol–water partition coefficient (Wildman–Crippen LogP) is 5.35. The van der Waals surface area contributed by atoms with Crippen LogP contribution in [0.25, 0.3) is 16.9 Å². The van der Waals surface area contributed by atoms with Crippen LogP contribution in [0.5, 0.6) is 0 Å². The molecular formula is C27H32ClN5O. The van der Waals surface area contributed by atoms with Gasteiger partial charge in [0, 0.05) is 54.5 Å². The highest BCUT2D eigenvalue weighted by Gasteiger charge is 2.43. The first-order valence-electron chi connectivity index (χ1n) is 12.7. The van der Waals surface area contributed by atoms with Crippen molar-refractivity contribution in [3.05, 3.63) is 59.4 Å². The van der Waals surface area contributed by atoms with Gasteiger partial charge < -0.3 is 14.6 Å². The number of benzene rings is 1. The highest BCUT2D eigenvalue weighted by atomic mass is 35.5. The highest BCUT2D eigenvalue weighted by Crippen LogP contribution is 2.33. The first-order chi connectivity index (χ1) is 16.7. The molecule has 2 unspecified atom stereocenters. The molecule has 3 aromatic rings. The van der Waals surface area contributed by atoms with Gasteiger partial charge in [-0.1, -0.05) is 49.1 Å². The molecule has 2 aromatic heterocycles. The van der Waals surface area contributed by atoms with E-state index in [1.54, 1.807) is 0 Å². The molecule has 0 radical (unpaired) electrons. The largest absolute Gasteiger partial charge is 0.335 e. The van der Waals surface area contributed by atoms with E-state index in [0.717, 1.165) is 67.2 Å². The standard InChI is InChI=1S/C27H32ClN5O/c28-20-11-9-19(10-12-20)26-24(32-15-5-4-8-25(32)30-26)18-31-16-22-13-14-23(17-31)33(22)27(34)29-21-6-2-1-3-7-21/h4-5,8-12,15,21-23H,1-3,6-7,13-14,16-18H2,(H,29,34). The van der Waals surface area contributed by atoms with Crippen molar-refractivity contribution >= 4 is 23.3 Å². The lowest BCUT2D eigenvalue weighted by Crippen LogP contribution is -2.59. The number of carbonyl (C=O) groups excluding carboxylic acids is 1. The van der Waals surface area contributed by atoms with Crippen molar-refractivity contribution < 1.29 is 4.79 Å². The third-order valence-electron chi connectivity index (χ3n) is 7.84. The maximum atomic E-state index is 13.2. The normalized spacial score (nSPS) is 23.5. The zero-order chi connectivity index (χ0) is 23.1. The Morgan fingerprint density at radius 3 is 2.44 bits per heavy atom. The molecule has 2 atom stereocenters. The lowest BCUT2D eigenvalue weighted by molar-refractivity contribution is 0.0811. The third-order valence-corrected chi connectivity index (χ3v) is 8.10. The van der Waals surface area contributed by atoms with E-state index < -0.39 is 0 Å². The lowest BCUT2D eigenvalue weighted by Gasteiger charge is -2.41. The fraction of sp³-hybridized carbons (Fsp3) is 0.481. The monoisotopic (exact) mass is 477 g/mol. The SMILES string of the molecule is O=C(NC1CCCCC1)N1C2CCC1CN(Cc1c(-c3ccc(Cl)cc3)nc3ccccn13)C2. The summed E-state index contributed by atoms with van der Waals surface area (Å²) in [5.41, 5.74) is 4.23.